The van der Waals surface area contributed by atoms with E-state index in [1.54, 1.807) is 24.3 Å². The molecule has 0 aliphatic rings. The largest absolute Gasteiger partial charge is 0.512 e. The Hall–Kier alpha value is -2.41. The van der Waals surface area contributed by atoms with Crippen molar-refractivity contribution in [3.8, 4) is 0 Å². The zero-order valence-electron chi connectivity index (χ0n) is 14.6. The van der Waals surface area contributed by atoms with E-state index < -0.39 is 5.91 Å². The molecule has 0 radical (unpaired) electrons. The molecule has 2 rings (SSSR count). The first-order chi connectivity index (χ1) is 12.8. The Labute approximate surface area is 172 Å². The van der Waals surface area contributed by atoms with Gasteiger partial charge in [0.2, 0.25) is 0 Å². The van der Waals surface area contributed by atoms with E-state index in [1.807, 2.05) is 25.1 Å². The van der Waals surface area contributed by atoms with Crippen LogP contribution in [0.1, 0.15) is 12.5 Å². The number of hydrogen-bond donors (Lipinski definition) is 3. The van der Waals surface area contributed by atoms with Gasteiger partial charge in [-0.3, -0.25) is 4.79 Å². The second kappa shape index (κ2) is 9.50. The van der Waals surface area contributed by atoms with Gasteiger partial charge in [-0.25, -0.2) is 4.99 Å². The zero-order valence-corrected chi connectivity index (χ0v) is 16.9. The average Bonchev–Trinajstić information content (AvgIpc) is 2.60. The number of rotatable bonds is 4. The number of aliphatic hydroxyl groups is 1. The number of anilines is 2. The van der Waals surface area contributed by atoms with E-state index in [1.165, 1.54) is 13.1 Å². The van der Waals surface area contributed by atoms with Crippen LogP contribution in [0.25, 0.3) is 0 Å². The molecule has 0 aliphatic heterocycles. The van der Waals surface area contributed by atoms with Crippen LogP contribution in [0, 0.1) is 6.92 Å². The Morgan fingerprint density at radius 1 is 1.15 bits per heavy atom. The van der Waals surface area contributed by atoms with Gasteiger partial charge in [0.25, 0.3) is 5.91 Å². The molecule has 0 fully saturated rings. The maximum atomic E-state index is 12.4. The molecule has 0 saturated carbocycles. The maximum absolute atomic E-state index is 12.4. The number of hydrogen-bond acceptors (Lipinski definition) is 3. The van der Waals surface area contributed by atoms with E-state index in [0.29, 0.717) is 21.4 Å². The molecule has 3 N–H and O–H groups in total. The van der Waals surface area contributed by atoms with Crippen molar-refractivity contribution >= 4 is 64.0 Å². The molecule has 0 atom stereocenters. The Morgan fingerprint density at radius 2 is 1.85 bits per heavy atom. The van der Waals surface area contributed by atoms with Gasteiger partial charge in [-0.1, -0.05) is 41.4 Å². The van der Waals surface area contributed by atoms with Gasteiger partial charge in [0.1, 0.15) is 5.76 Å². The van der Waals surface area contributed by atoms with Crippen molar-refractivity contribution in [2.75, 3.05) is 10.6 Å². The fourth-order valence-electron chi connectivity index (χ4n) is 2.07. The fourth-order valence-corrected chi connectivity index (χ4v) is 2.54. The number of benzene rings is 2. The van der Waals surface area contributed by atoms with E-state index in [-0.39, 0.29) is 16.4 Å². The second-order valence-electron chi connectivity index (χ2n) is 5.59. The lowest BCUT2D eigenvalue weighted by molar-refractivity contribution is -0.112. The minimum absolute atomic E-state index is 0.00320. The number of nitrogens with zero attached hydrogens (tertiary/aromatic N) is 1. The number of aliphatic hydroxyl groups excluding tert-OH is 1. The van der Waals surface area contributed by atoms with Gasteiger partial charge in [-0.15, -0.1) is 0 Å². The molecule has 0 saturated heterocycles. The molecule has 1 amide bonds. The molecule has 8 heteroatoms. The number of aliphatic imine (C=N–C) groups is 1. The molecule has 0 heterocycles. The summed E-state index contributed by atoms with van der Waals surface area (Å²) in [6, 6.07) is 12.2. The number of halogens is 2. The third-order valence-corrected chi connectivity index (χ3v) is 4.46. The van der Waals surface area contributed by atoms with Crippen LogP contribution >= 0.6 is 35.4 Å². The predicted molar refractivity (Wildman–Crippen MR) is 116 cm³/mol. The van der Waals surface area contributed by atoms with E-state index in [4.69, 9.17) is 35.4 Å². The van der Waals surface area contributed by atoms with E-state index >= 15 is 0 Å². The predicted octanol–water partition coefficient (Wildman–Crippen LogP) is 5.54. The standard InChI is InChI=1S/C19H17Cl2N3O2S/c1-11-5-3-4-6-17(11)24-18(26)14(12(2)25)10-22-19(27)23-13-7-8-15(20)16(21)9-13/h3-10,25H,1-2H3,(H,23,27)(H,24,26)/b14-12+,22-10+. The summed E-state index contributed by atoms with van der Waals surface area (Å²) in [7, 11) is 0. The lowest BCUT2D eigenvalue weighted by Crippen LogP contribution is -2.18. The molecule has 27 heavy (non-hydrogen) atoms. The summed E-state index contributed by atoms with van der Waals surface area (Å²) >= 11 is 17.0. The van der Waals surface area contributed by atoms with E-state index in [9.17, 15) is 9.90 Å². The molecule has 0 aliphatic carbocycles. The topological polar surface area (TPSA) is 73.7 Å². The second-order valence-corrected chi connectivity index (χ2v) is 6.79. The number of nitrogens with one attached hydrogen (secondary N) is 2. The van der Waals surface area contributed by atoms with Gasteiger partial charge in [0, 0.05) is 17.6 Å². The average molecular weight is 422 g/mol. The molecule has 0 bridgehead atoms. The summed E-state index contributed by atoms with van der Waals surface area (Å²) in [6.45, 7) is 3.27. The highest BCUT2D eigenvalue weighted by atomic mass is 35.5. The molecule has 5 nitrogen and oxygen atoms in total. The van der Waals surface area contributed by atoms with Crippen LogP contribution in [0.15, 0.2) is 58.8 Å². The van der Waals surface area contributed by atoms with Crippen molar-refractivity contribution in [3.05, 3.63) is 69.4 Å². The van der Waals surface area contributed by atoms with Crippen LogP contribution in [-0.2, 0) is 4.79 Å². The molecular weight excluding hydrogens is 405 g/mol. The molecule has 2 aromatic carbocycles. The number of allylic oxidation sites excluding steroid dienone is 1. The Balaban J connectivity index is 2.09. The summed E-state index contributed by atoms with van der Waals surface area (Å²) in [4.78, 5) is 16.5. The minimum atomic E-state index is -0.495. The Bertz CT molecular complexity index is 938. The number of thiocarbonyl (C=S) groups is 1. The van der Waals surface area contributed by atoms with Crippen LogP contribution in [0.2, 0.25) is 10.0 Å². The SMILES string of the molecule is C/C(O)=C(/C=N/C(=S)Nc1ccc(Cl)c(Cl)c1)C(=O)Nc1ccccc1C. The van der Waals surface area contributed by atoms with Gasteiger partial charge in [-0.2, -0.15) is 0 Å². The molecule has 140 valence electrons. The van der Waals surface area contributed by atoms with Gasteiger partial charge < -0.3 is 15.7 Å². The lowest BCUT2D eigenvalue weighted by Gasteiger charge is -2.09. The monoisotopic (exact) mass is 421 g/mol. The first-order valence-corrected chi connectivity index (χ1v) is 9.01. The highest BCUT2D eigenvalue weighted by molar-refractivity contribution is 7.80. The summed E-state index contributed by atoms with van der Waals surface area (Å²) in [5, 5.41) is 16.3. The first kappa shape index (κ1) is 20.9. The number of amides is 1. The van der Waals surface area contributed by atoms with Crippen molar-refractivity contribution < 1.29 is 9.90 Å². The van der Waals surface area contributed by atoms with Crippen molar-refractivity contribution in [2.24, 2.45) is 4.99 Å². The number of aryl methyl sites for hydroxylation is 1. The normalized spacial score (nSPS) is 11.9. The minimum Gasteiger partial charge on any atom is -0.512 e. The Morgan fingerprint density at radius 3 is 2.48 bits per heavy atom. The highest BCUT2D eigenvalue weighted by Gasteiger charge is 2.12. The van der Waals surface area contributed by atoms with Gasteiger partial charge in [0.05, 0.1) is 15.6 Å². The smallest absolute Gasteiger partial charge is 0.260 e. The van der Waals surface area contributed by atoms with Crippen LogP contribution in [0.5, 0.6) is 0 Å². The molecule has 0 spiro atoms. The number of para-hydroxylation sites is 1. The van der Waals surface area contributed by atoms with Crippen molar-refractivity contribution in [1.82, 2.24) is 0 Å². The van der Waals surface area contributed by atoms with Crippen molar-refractivity contribution in [1.29, 1.82) is 0 Å². The quantitative estimate of drug-likeness (QED) is 0.262. The summed E-state index contributed by atoms with van der Waals surface area (Å²) in [6.07, 6.45) is 1.20. The van der Waals surface area contributed by atoms with Gasteiger partial charge in [-0.05, 0) is 55.9 Å². The molecule has 0 aromatic heterocycles. The fraction of sp³-hybridized carbons (Fsp3) is 0.105. The lowest BCUT2D eigenvalue weighted by atomic mass is 10.2. The van der Waals surface area contributed by atoms with Gasteiger partial charge in [0.15, 0.2) is 5.11 Å². The molecule has 0 unspecified atom stereocenters. The van der Waals surface area contributed by atoms with Crippen LogP contribution in [0.3, 0.4) is 0 Å². The summed E-state index contributed by atoms with van der Waals surface area (Å²) in [5.41, 5.74) is 2.14. The van der Waals surface area contributed by atoms with Crippen LogP contribution < -0.4 is 10.6 Å². The number of carbonyl (C=O) groups is 1. The van der Waals surface area contributed by atoms with E-state index in [2.05, 4.69) is 15.6 Å². The van der Waals surface area contributed by atoms with Crippen LogP contribution in [-0.4, -0.2) is 22.3 Å². The van der Waals surface area contributed by atoms with E-state index in [0.717, 1.165) is 5.56 Å². The van der Waals surface area contributed by atoms with Crippen LogP contribution in [0.4, 0.5) is 11.4 Å². The third kappa shape index (κ3) is 6.06. The summed E-state index contributed by atoms with van der Waals surface area (Å²) in [5.74, 6) is -0.674. The third-order valence-electron chi connectivity index (χ3n) is 3.51. The zero-order chi connectivity index (χ0) is 20.0. The maximum Gasteiger partial charge on any atom is 0.260 e. The molecular formula is C19H17Cl2N3O2S. The van der Waals surface area contributed by atoms with Crippen molar-refractivity contribution in [2.45, 2.75) is 13.8 Å². The summed E-state index contributed by atoms with van der Waals surface area (Å²) < 4.78 is 0. The Kier molecular flexibility index (Phi) is 7.36. The highest BCUT2D eigenvalue weighted by Crippen LogP contribution is 2.25. The van der Waals surface area contributed by atoms with Gasteiger partial charge >= 0.3 is 0 Å². The molecule has 2 aromatic rings. The van der Waals surface area contributed by atoms with Crippen molar-refractivity contribution in [3.63, 3.8) is 0 Å². The number of carbonyl (C=O) groups excluding carboxylic acids is 1. The first-order valence-electron chi connectivity index (χ1n) is 7.85.